The Morgan fingerprint density at radius 2 is 2.14 bits per heavy atom. The van der Waals surface area contributed by atoms with Gasteiger partial charge >= 0.3 is 5.69 Å². The van der Waals surface area contributed by atoms with E-state index < -0.39 is 4.92 Å². The number of hydrogen-bond donors (Lipinski definition) is 0. The fraction of sp³-hybridized carbons (Fsp3) is 0.357. The summed E-state index contributed by atoms with van der Waals surface area (Å²) in [5, 5.41) is 11.2. The van der Waals surface area contributed by atoms with Crippen molar-refractivity contribution in [1.82, 2.24) is 9.55 Å². The van der Waals surface area contributed by atoms with Crippen molar-refractivity contribution in [3.8, 4) is 17.0 Å². The number of anilines is 1. The number of nitrogens with zero attached hydrogens (tertiary/aromatic N) is 4. The quantitative estimate of drug-likeness (QED) is 0.626. The SMILES string of the molecule is COc1cc2c(cc1[N+](=O)[O-])-c1cnc(C)n1CCN2C. The summed E-state index contributed by atoms with van der Waals surface area (Å²) in [7, 11) is 3.42. The number of fused-ring (bicyclic) bond motifs is 3. The molecule has 1 aliphatic heterocycles. The van der Waals surface area contributed by atoms with Crippen LogP contribution in [0.1, 0.15) is 5.82 Å². The van der Waals surface area contributed by atoms with Crippen molar-refractivity contribution in [3.63, 3.8) is 0 Å². The van der Waals surface area contributed by atoms with E-state index in [2.05, 4.69) is 14.5 Å². The molecule has 0 radical (unpaired) electrons. The molecule has 0 spiro atoms. The molecule has 0 fully saturated rings. The summed E-state index contributed by atoms with van der Waals surface area (Å²) in [5.41, 5.74) is 2.59. The Hall–Kier alpha value is -2.57. The van der Waals surface area contributed by atoms with Gasteiger partial charge in [0.2, 0.25) is 0 Å². The van der Waals surface area contributed by atoms with Gasteiger partial charge in [0.1, 0.15) is 5.82 Å². The Morgan fingerprint density at radius 3 is 2.81 bits per heavy atom. The predicted octanol–water partition coefficient (Wildman–Crippen LogP) is 2.23. The van der Waals surface area contributed by atoms with E-state index in [-0.39, 0.29) is 11.4 Å². The van der Waals surface area contributed by atoms with E-state index in [1.165, 1.54) is 7.11 Å². The Morgan fingerprint density at radius 1 is 1.38 bits per heavy atom. The first-order valence-corrected chi connectivity index (χ1v) is 6.63. The number of likely N-dealkylation sites (N-methyl/N-ethyl adjacent to an activating group) is 1. The molecule has 1 aromatic carbocycles. The summed E-state index contributed by atoms with van der Waals surface area (Å²) >= 11 is 0. The monoisotopic (exact) mass is 288 g/mol. The lowest BCUT2D eigenvalue weighted by atomic mass is 10.1. The summed E-state index contributed by atoms with van der Waals surface area (Å²) in [4.78, 5) is 17.2. The van der Waals surface area contributed by atoms with E-state index >= 15 is 0 Å². The zero-order valence-electron chi connectivity index (χ0n) is 12.2. The largest absolute Gasteiger partial charge is 0.490 e. The minimum atomic E-state index is -0.419. The molecule has 110 valence electrons. The van der Waals surface area contributed by atoms with Crippen molar-refractivity contribution in [3.05, 3.63) is 34.3 Å². The molecule has 2 aromatic rings. The molecule has 7 heteroatoms. The first-order chi connectivity index (χ1) is 10.0. The smallest absolute Gasteiger partial charge is 0.311 e. The van der Waals surface area contributed by atoms with E-state index in [4.69, 9.17) is 4.74 Å². The highest BCUT2D eigenvalue weighted by Gasteiger charge is 2.25. The number of nitro groups is 1. The van der Waals surface area contributed by atoms with Crippen LogP contribution < -0.4 is 9.64 Å². The molecule has 3 rings (SSSR count). The number of methoxy groups -OCH3 is 1. The van der Waals surface area contributed by atoms with Gasteiger partial charge in [-0.15, -0.1) is 0 Å². The third kappa shape index (κ3) is 2.01. The molecule has 21 heavy (non-hydrogen) atoms. The third-order valence-corrected chi connectivity index (χ3v) is 3.90. The predicted molar refractivity (Wildman–Crippen MR) is 78.9 cm³/mol. The Balaban J connectivity index is 2.30. The number of hydrogen-bond acceptors (Lipinski definition) is 5. The summed E-state index contributed by atoms with van der Waals surface area (Å²) < 4.78 is 7.25. The number of rotatable bonds is 2. The second-order valence-corrected chi connectivity index (χ2v) is 5.06. The average molecular weight is 288 g/mol. The van der Waals surface area contributed by atoms with E-state index in [9.17, 15) is 10.1 Å². The molecular weight excluding hydrogens is 272 g/mol. The van der Waals surface area contributed by atoms with Crippen molar-refractivity contribution in [2.24, 2.45) is 0 Å². The summed E-state index contributed by atoms with van der Waals surface area (Å²) in [6.45, 7) is 3.53. The molecule has 0 atom stereocenters. The molecule has 0 bridgehead atoms. The highest BCUT2D eigenvalue weighted by molar-refractivity contribution is 5.82. The van der Waals surface area contributed by atoms with E-state index in [1.807, 2.05) is 14.0 Å². The van der Waals surface area contributed by atoms with Crippen LogP contribution in [0.4, 0.5) is 11.4 Å². The van der Waals surface area contributed by atoms with Crippen LogP contribution in [0.5, 0.6) is 5.75 Å². The van der Waals surface area contributed by atoms with Gasteiger partial charge in [0.15, 0.2) is 5.75 Å². The number of aryl methyl sites for hydroxylation is 1. The highest BCUT2D eigenvalue weighted by atomic mass is 16.6. The molecule has 0 amide bonds. The fourth-order valence-corrected chi connectivity index (χ4v) is 2.72. The number of imidazole rings is 1. The summed E-state index contributed by atoms with van der Waals surface area (Å²) in [5.74, 6) is 1.18. The Kier molecular flexibility index (Phi) is 3.04. The van der Waals surface area contributed by atoms with Crippen molar-refractivity contribution < 1.29 is 9.66 Å². The van der Waals surface area contributed by atoms with Gasteiger partial charge in [0.05, 0.1) is 29.6 Å². The maximum absolute atomic E-state index is 11.2. The highest BCUT2D eigenvalue weighted by Crippen LogP contribution is 2.41. The van der Waals surface area contributed by atoms with E-state index in [0.29, 0.717) is 0 Å². The van der Waals surface area contributed by atoms with Crippen LogP contribution in [-0.2, 0) is 6.54 Å². The normalized spacial score (nSPS) is 13.4. The van der Waals surface area contributed by atoms with Gasteiger partial charge in [-0.05, 0) is 6.92 Å². The molecule has 7 nitrogen and oxygen atoms in total. The molecule has 0 unspecified atom stereocenters. The molecule has 0 saturated carbocycles. The molecule has 1 aromatic heterocycles. The number of aromatic nitrogens is 2. The van der Waals surface area contributed by atoms with Crippen molar-refractivity contribution >= 4 is 11.4 Å². The molecular formula is C14H16N4O3. The van der Waals surface area contributed by atoms with E-state index in [1.54, 1.807) is 18.3 Å². The Bertz CT molecular complexity index is 723. The van der Waals surface area contributed by atoms with Gasteiger partial charge in [-0.2, -0.15) is 0 Å². The lowest BCUT2D eigenvalue weighted by Gasteiger charge is -2.19. The van der Waals surface area contributed by atoms with Crippen molar-refractivity contribution in [1.29, 1.82) is 0 Å². The van der Waals surface area contributed by atoms with Gasteiger partial charge in [-0.3, -0.25) is 10.1 Å². The van der Waals surface area contributed by atoms with Crippen LogP contribution >= 0.6 is 0 Å². The van der Waals surface area contributed by atoms with E-state index in [0.717, 1.165) is 35.9 Å². The minimum Gasteiger partial charge on any atom is -0.490 e. The second kappa shape index (κ2) is 4.76. The molecule has 1 aliphatic rings. The lowest BCUT2D eigenvalue weighted by molar-refractivity contribution is -0.385. The van der Waals surface area contributed by atoms with Crippen molar-refractivity contribution in [2.45, 2.75) is 13.5 Å². The third-order valence-electron chi connectivity index (χ3n) is 3.90. The van der Waals surface area contributed by atoms with Crippen LogP contribution in [0.25, 0.3) is 11.3 Å². The Labute approximate surface area is 121 Å². The zero-order valence-corrected chi connectivity index (χ0v) is 12.2. The average Bonchev–Trinajstić information content (AvgIpc) is 2.77. The van der Waals surface area contributed by atoms with Gasteiger partial charge in [0, 0.05) is 37.8 Å². The first kappa shape index (κ1) is 13.4. The van der Waals surface area contributed by atoms with Crippen molar-refractivity contribution in [2.75, 3.05) is 25.6 Å². The zero-order chi connectivity index (χ0) is 15.1. The molecule has 0 aliphatic carbocycles. The van der Waals surface area contributed by atoms with Crippen LogP contribution in [0, 0.1) is 17.0 Å². The maximum Gasteiger partial charge on any atom is 0.311 e. The topological polar surface area (TPSA) is 73.4 Å². The van der Waals surface area contributed by atoms with Gasteiger partial charge in [-0.1, -0.05) is 0 Å². The maximum atomic E-state index is 11.2. The minimum absolute atomic E-state index is 0.0306. The summed E-state index contributed by atoms with van der Waals surface area (Å²) in [6, 6.07) is 3.30. The van der Waals surface area contributed by atoms with Crippen LogP contribution in [0.15, 0.2) is 18.3 Å². The van der Waals surface area contributed by atoms with Crippen LogP contribution in [0.2, 0.25) is 0 Å². The lowest BCUT2D eigenvalue weighted by Crippen LogP contribution is -2.21. The van der Waals surface area contributed by atoms with Gasteiger partial charge < -0.3 is 14.2 Å². The molecule has 2 heterocycles. The first-order valence-electron chi connectivity index (χ1n) is 6.63. The number of nitro benzene ring substituents is 1. The van der Waals surface area contributed by atoms with Crippen LogP contribution in [-0.4, -0.2) is 35.2 Å². The molecule has 0 saturated heterocycles. The fourth-order valence-electron chi connectivity index (χ4n) is 2.72. The van der Waals surface area contributed by atoms with Crippen LogP contribution in [0.3, 0.4) is 0 Å². The number of benzene rings is 1. The van der Waals surface area contributed by atoms with Gasteiger partial charge in [0.25, 0.3) is 0 Å². The molecule has 0 N–H and O–H groups in total. The number of ether oxygens (including phenoxy) is 1. The standard InChI is InChI=1S/C14H16N4O3/c1-9-15-8-13-10-6-12(18(19)20)14(21-3)7-11(10)16(2)4-5-17(9)13/h6-8H,4-5H2,1-3H3. The summed E-state index contributed by atoms with van der Waals surface area (Å²) in [6.07, 6.45) is 1.77. The second-order valence-electron chi connectivity index (χ2n) is 5.06. The van der Waals surface area contributed by atoms with Gasteiger partial charge in [-0.25, -0.2) is 4.98 Å².